The number of hydrogen-bond donors (Lipinski definition) is 2. The highest BCUT2D eigenvalue weighted by atomic mass is 16.5. The molecule has 3 aromatic rings. The number of nitrogens with one attached hydrogen (secondary N) is 1. The van der Waals surface area contributed by atoms with Crippen LogP contribution in [0.25, 0.3) is 11.5 Å². The van der Waals surface area contributed by atoms with E-state index in [9.17, 15) is 4.79 Å². The van der Waals surface area contributed by atoms with Crippen molar-refractivity contribution in [1.82, 2.24) is 25.0 Å². The summed E-state index contributed by atoms with van der Waals surface area (Å²) in [5, 5.41) is 6.96. The molecule has 0 aliphatic carbocycles. The standard InChI is InChI=1S/C18H21N7O2/c1-10(2)15-23-16(27-24-15)13-9-20-18(22-14(13)19)21-12-7-5-11(6-8-12)17(26)25(3)4/h5-10H,1-4H3,(H3,19,20,21,22). The highest BCUT2D eigenvalue weighted by Crippen LogP contribution is 2.25. The number of aromatic nitrogens is 4. The molecule has 0 spiro atoms. The lowest BCUT2D eigenvalue weighted by atomic mass is 10.2. The molecule has 0 radical (unpaired) electrons. The Kier molecular flexibility index (Phi) is 5.02. The van der Waals surface area contributed by atoms with Gasteiger partial charge in [-0.1, -0.05) is 19.0 Å². The van der Waals surface area contributed by atoms with Crippen LogP contribution in [0, 0.1) is 0 Å². The van der Waals surface area contributed by atoms with Crippen molar-refractivity contribution in [3.8, 4) is 11.5 Å². The number of amides is 1. The van der Waals surface area contributed by atoms with Crippen LogP contribution in [0.3, 0.4) is 0 Å². The van der Waals surface area contributed by atoms with Gasteiger partial charge in [-0.2, -0.15) is 9.97 Å². The van der Waals surface area contributed by atoms with Gasteiger partial charge >= 0.3 is 0 Å². The number of anilines is 3. The molecule has 0 aliphatic rings. The Bertz CT molecular complexity index is 949. The molecule has 1 aromatic carbocycles. The van der Waals surface area contributed by atoms with Crippen LogP contribution >= 0.6 is 0 Å². The van der Waals surface area contributed by atoms with E-state index < -0.39 is 0 Å². The van der Waals surface area contributed by atoms with E-state index in [-0.39, 0.29) is 23.5 Å². The van der Waals surface area contributed by atoms with E-state index in [1.807, 2.05) is 13.8 Å². The van der Waals surface area contributed by atoms with Gasteiger partial charge in [-0.25, -0.2) is 4.98 Å². The van der Waals surface area contributed by atoms with Crippen LogP contribution < -0.4 is 11.1 Å². The van der Waals surface area contributed by atoms with Crippen molar-refractivity contribution in [2.75, 3.05) is 25.1 Å². The largest absolute Gasteiger partial charge is 0.383 e. The Labute approximate surface area is 156 Å². The van der Waals surface area contributed by atoms with E-state index in [4.69, 9.17) is 10.3 Å². The van der Waals surface area contributed by atoms with Crippen molar-refractivity contribution >= 4 is 23.4 Å². The molecule has 3 rings (SSSR count). The van der Waals surface area contributed by atoms with Gasteiger partial charge in [0, 0.05) is 37.5 Å². The van der Waals surface area contributed by atoms with E-state index in [1.54, 1.807) is 38.4 Å². The molecule has 2 heterocycles. The van der Waals surface area contributed by atoms with Gasteiger partial charge in [0.25, 0.3) is 11.8 Å². The molecular formula is C18H21N7O2. The monoisotopic (exact) mass is 367 g/mol. The Morgan fingerprint density at radius 3 is 2.44 bits per heavy atom. The summed E-state index contributed by atoms with van der Waals surface area (Å²) in [7, 11) is 3.42. The lowest BCUT2D eigenvalue weighted by Gasteiger charge is -2.11. The zero-order valence-electron chi connectivity index (χ0n) is 15.6. The Morgan fingerprint density at radius 1 is 1.19 bits per heavy atom. The van der Waals surface area contributed by atoms with Gasteiger partial charge in [0.1, 0.15) is 11.4 Å². The number of rotatable bonds is 5. The number of benzene rings is 1. The molecule has 9 heteroatoms. The molecule has 0 aliphatic heterocycles. The van der Waals surface area contributed by atoms with Gasteiger partial charge in [-0.3, -0.25) is 4.79 Å². The van der Waals surface area contributed by atoms with E-state index in [0.717, 1.165) is 5.69 Å². The number of nitrogen functional groups attached to an aromatic ring is 1. The molecule has 140 valence electrons. The lowest BCUT2D eigenvalue weighted by Crippen LogP contribution is -2.21. The topological polar surface area (TPSA) is 123 Å². The fourth-order valence-corrected chi connectivity index (χ4v) is 2.28. The second-order valence-corrected chi connectivity index (χ2v) is 6.51. The minimum absolute atomic E-state index is 0.0632. The normalized spacial score (nSPS) is 10.9. The van der Waals surface area contributed by atoms with Gasteiger partial charge in [-0.15, -0.1) is 0 Å². The Balaban J connectivity index is 1.76. The van der Waals surface area contributed by atoms with Crippen LogP contribution in [0.1, 0.15) is 35.9 Å². The lowest BCUT2D eigenvalue weighted by molar-refractivity contribution is 0.0827. The summed E-state index contributed by atoms with van der Waals surface area (Å²) in [6.45, 7) is 3.94. The van der Waals surface area contributed by atoms with Crippen LogP contribution in [0.4, 0.5) is 17.5 Å². The summed E-state index contributed by atoms with van der Waals surface area (Å²) in [5.74, 6) is 1.52. The summed E-state index contributed by atoms with van der Waals surface area (Å²) in [6, 6.07) is 7.01. The van der Waals surface area contributed by atoms with Crippen LogP contribution in [-0.4, -0.2) is 45.0 Å². The minimum Gasteiger partial charge on any atom is -0.383 e. The molecule has 0 atom stereocenters. The molecule has 1 amide bonds. The SMILES string of the molecule is CC(C)c1noc(-c2cnc(Nc3ccc(C(=O)N(C)C)cc3)nc2N)n1. The second-order valence-electron chi connectivity index (χ2n) is 6.51. The molecular weight excluding hydrogens is 346 g/mol. The average molecular weight is 367 g/mol. The molecule has 27 heavy (non-hydrogen) atoms. The molecule has 0 saturated carbocycles. The van der Waals surface area contributed by atoms with Gasteiger partial charge in [-0.05, 0) is 24.3 Å². The van der Waals surface area contributed by atoms with Crippen LogP contribution in [0.2, 0.25) is 0 Å². The Morgan fingerprint density at radius 2 is 1.89 bits per heavy atom. The van der Waals surface area contributed by atoms with Crippen molar-refractivity contribution in [2.24, 2.45) is 0 Å². The maximum Gasteiger partial charge on any atom is 0.263 e. The third-order valence-corrected chi connectivity index (χ3v) is 3.80. The first kappa shape index (κ1) is 18.3. The van der Waals surface area contributed by atoms with Crippen molar-refractivity contribution < 1.29 is 9.32 Å². The highest BCUT2D eigenvalue weighted by molar-refractivity contribution is 5.94. The van der Waals surface area contributed by atoms with Gasteiger partial charge < -0.3 is 20.5 Å². The van der Waals surface area contributed by atoms with Crippen molar-refractivity contribution in [3.05, 3.63) is 41.9 Å². The van der Waals surface area contributed by atoms with Crippen molar-refractivity contribution in [3.63, 3.8) is 0 Å². The number of carbonyl (C=O) groups excluding carboxylic acids is 1. The summed E-state index contributed by atoms with van der Waals surface area (Å²) in [5.41, 5.74) is 7.83. The van der Waals surface area contributed by atoms with Gasteiger partial charge in [0.05, 0.1) is 0 Å². The fourth-order valence-electron chi connectivity index (χ4n) is 2.28. The molecule has 2 aromatic heterocycles. The number of nitrogens with zero attached hydrogens (tertiary/aromatic N) is 5. The third-order valence-electron chi connectivity index (χ3n) is 3.80. The van der Waals surface area contributed by atoms with E-state index >= 15 is 0 Å². The first-order chi connectivity index (χ1) is 12.8. The summed E-state index contributed by atoms with van der Waals surface area (Å²) in [4.78, 5) is 26.2. The number of carbonyl (C=O) groups is 1. The van der Waals surface area contributed by atoms with Gasteiger partial charge in [0.15, 0.2) is 5.82 Å². The maximum atomic E-state index is 11.9. The van der Waals surface area contributed by atoms with Crippen molar-refractivity contribution in [2.45, 2.75) is 19.8 Å². The molecule has 0 unspecified atom stereocenters. The smallest absolute Gasteiger partial charge is 0.263 e. The highest BCUT2D eigenvalue weighted by Gasteiger charge is 2.16. The average Bonchev–Trinajstić information content (AvgIpc) is 3.12. The predicted molar refractivity (Wildman–Crippen MR) is 102 cm³/mol. The van der Waals surface area contributed by atoms with Crippen LogP contribution in [0.5, 0.6) is 0 Å². The number of hydrogen-bond acceptors (Lipinski definition) is 8. The zero-order chi connectivity index (χ0) is 19.6. The second kappa shape index (κ2) is 7.40. The molecule has 0 saturated heterocycles. The maximum absolute atomic E-state index is 11.9. The van der Waals surface area contributed by atoms with E-state index in [0.29, 0.717) is 22.9 Å². The quantitative estimate of drug-likeness (QED) is 0.705. The number of nitrogens with two attached hydrogens (primary N) is 1. The van der Waals surface area contributed by atoms with E-state index in [2.05, 4.69) is 25.4 Å². The van der Waals surface area contributed by atoms with Gasteiger partial charge in [0.2, 0.25) is 5.95 Å². The third kappa shape index (κ3) is 4.02. The minimum atomic E-state index is -0.0632. The zero-order valence-corrected chi connectivity index (χ0v) is 15.6. The van der Waals surface area contributed by atoms with Crippen molar-refractivity contribution in [1.29, 1.82) is 0 Å². The first-order valence-corrected chi connectivity index (χ1v) is 8.40. The molecule has 0 bridgehead atoms. The summed E-state index contributed by atoms with van der Waals surface area (Å²) in [6.07, 6.45) is 1.53. The predicted octanol–water partition coefficient (Wildman–Crippen LogP) is 2.68. The summed E-state index contributed by atoms with van der Waals surface area (Å²) < 4.78 is 5.23. The van der Waals surface area contributed by atoms with E-state index in [1.165, 1.54) is 11.1 Å². The molecule has 3 N–H and O–H groups in total. The van der Waals surface area contributed by atoms with Crippen LogP contribution in [0.15, 0.2) is 35.0 Å². The fraction of sp³-hybridized carbons (Fsp3) is 0.278. The first-order valence-electron chi connectivity index (χ1n) is 8.40. The van der Waals surface area contributed by atoms with Crippen LogP contribution in [-0.2, 0) is 0 Å². The molecule has 0 fully saturated rings. The molecule has 9 nitrogen and oxygen atoms in total. The Hall–Kier alpha value is -3.49. The summed E-state index contributed by atoms with van der Waals surface area (Å²) >= 11 is 0.